The summed E-state index contributed by atoms with van der Waals surface area (Å²) in [6, 6.07) is 0. The molecule has 1 saturated heterocycles. The van der Waals surface area contributed by atoms with Gasteiger partial charge in [0.2, 0.25) is 0 Å². The topological polar surface area (TPSA) is 18.5 Å². The number of rotatable bonds is 0. The first-order valence-corrected chi connectivity index (χ1v) is 4.84. The molecule has 0 saturated carbocycles. The quantitative estimate of drug-likeness (QED) is 0.457. The molecule has 1 aliphatic heterocycles. The molecule has 0 bridgehead atoms. The third-order valence-corrected chi connectivity index (χ3v) is 2.87. The van der Waals surface area contributed by atoms with Gasteiger partial charge >= 0.3 is 0 Å². The van der Waals surface area contributed by atoms with Crippen molar-refractivity contribution in [3.63, 3.8) is 0 Å². The average molecular weight is 219 g/mol. The molecule has 62 valence electrons. The van der Waals surface area contributed by atoms with E-state index >= 15 is 0 Å². The standard InChI is InChI=1S/C8H11BrO2/c9-7-1-3-8(4-2-7)10-5-6-11-8/h1,3,7H,2,4-6H2. The molecule has 1 atom stereocenters. The molecular weight excluding hydrogens is 208 g/mol. The molecule has 1 unspecified atom stereocenters. The van der Waals surface area contributed by atoms with Gasteiger partial charge in [0.05, 0.1) is 13.2 Å². The summed E-state index contributed by atoms with van der Waals surface area (Å²) < 4.78 is 11.0. The summed E-state index contributed by atoms with van der Waals surface area (Å²) in [6.07, 6.45) is 6.20. The lowest BCUT2D eigenvalue weighted by atomic mass is 10.0. The molecule has 0 radical (unpaired) electrons. The normalized spacial score (nSPS) is 34.8. The molecule has 11 heavy (non-hydrogen) atoms. The van der Waals surface area contributed by atoms with E-state index in [0.717, 1.165) is 26.1 Å². The Morgan fingerprint density at radius 3 is 2.64 bits per heavy atom. The number of halogens is 1. The minimum atomic E-state index is -0.357. The predicted molar refractivity (Wildman–Crippen MR) is 45.7 cm³/mol. The van der Waals surface area contributed by atoms with Gasteiger partial charge in [0.25, 0.3) is 0 Å². The van der Waals surface area contributed by atoms with Gasteiger partial charge in [0.15, 0.2) is 5.79 Å². The van der Waals surface area contributed by atoms with Gasteiger partial charge in [0.1, 0.15) is 0 Å². The maximum absolute atomic E-state index is 5.50. The van der Waals surface area contributed by atoms with E-state index in [1.54, 1.807) is 0 Å². The molecular formula is C8H11BrO2. The molecule has 1 aliphatic carbocycles. The van der Waals surface area contributed by atoms with Gasteiger partial charge in [-0.05, 0) is 12.5 Å². The predicted octanol–water partition coefficient (Wildman–Crippen LogP) is 1.84. The second-order valence-electron chi connectivity index (χ2n) is 2.92. The van der Waals surface area contributed by atoms with Crippen LogP contribution < -0.4 is 0 Å². The van der Waals surface area contributed by atoms with E-state index in [-0.39, 0.29) is 5.79 Å². The third kappa shape index (κ3) is 1.50. The molecule has 0 aromatic carbocycles. The van der Waals surface area contributed by atoms with Crippen molar-refractivity contribution in [3.05, 3.63) is 12.2 Å². The molecule has 0 aromatic heterocycles. The Bertz CT molecular complexity index is 173. The lowest BCUT2D eigenvalue weighted by Crippen LogP contribution is -2.31. The number of hydrogen-bond acceptors (Lipinski definition) is 2. The van der Waals surface area contributed by atoms with Crippen molar-refractivity contribution in [1.29, 1.82) is 0 Å². The first-order valence-electron chi connectivity index (χ1n) is 3.92. The number of hydrogen-bond donors (Lipinski definition) is 0. The highest BCUT2D eigenvalue weighted by Gasteiger charge is 2.35. The molecule has 1 spiro atoms. The van der Waals surface area contributed by atoms with Crippen LogP contribution in [0.25, 0.3) is 0 Å². The van der Waals surface area contributed by atoms with E-state index in [1.165, 1.54) is 0 Å². The fourth-order valence-corrected chi connectivity index (χ4v) is 1.86. The van der Waals surface area contributed by atoms with Gasteiger partial charge in [-0.25, -0.2) is 0 Å². The summed E-state index contributed by atoms with van der Waals surface area (Å²) in [7, 11) is 0. The van der Waals surface area contributed by atoms with Crippen LogP contribution in [0.3, 0.4) is 0 Å². The van der Waals surface area contributed by atoms with Gasteiger partial charge in [-0.2, -0.15) is 0 Å². The fourth-order valence-electron chi connectivity index (χ4n) is 1.48. The molecule has 2 nitrogen and oxygen atoms in total. The number of alkyl halides is 1. The number of allylic oxidation sites excluding steroid dienone is 1. The molecule has 3 heteroatoms. The zero-order chi connectivity index (χ0) is 7.73. The third-order valence-electron chi connectivity index (χ3n) is 2.10. The SMILES string of the molecule is BrC1C=CC2(CC1)OCCO2. The van der Waals surface area contributed by atoms with Crippen LogP contribution in [0, 0.1) is 0 Å². The molecule has 0 aromatic rings. The van der Waals surface area contributed by atoms with Crippen molar-refractivity contribution in [2.75, 3.05) is 13.2 Å². The van der Waals surface area contributed by atoms with Crippen molar-refractivity contribution in [3.8, 4) is 0 Å². The Morgan fingerprint density at radius 1 is 1.36 bits per heavy atom. The van der Waals surface area contributed by atoms with Crippen LogP contribution >= 0.6 is 15.9 Å². The highest BCUT2D eigenvalue weighted by atomic mass is 79.9. The van der Waals surface area contributed by atoms with Crippen LogP contribution in [-0.2, 0) is 9.47 Å². The van der Waals surface area contributed by atoms with E-state index in [9.17, 15) is 0 Å². The Labute approximate surface area is 74.7 Å². The molecule has 2 rings (SSSR count). The summed E-state index contributed by atoms with van der Waals surface area (Å²) in [6.45, 7) is 1.47. The smallest absolute Gasteiger partial charge is 0.188 e. The molecule has 2 aliphatic rings. The van der Waals surface area contributed by atoms with Gasteiger partial charge in [-0.15, -0.1) is 0 Å². The Kier molecular flexibility index (Phi) is 2.04. The van der Waals surface area contributed by atoms with Gasteiger partial charge in [-0.3, -0.25) is 0 Å². The lowest BCUT2D eigenvalue weighted by Gasteiger charge is -2.28. The highest BCUT2D eigenvalue weighted by Crippen LogP contribution is 2.32. The van der Waals surface area contributed by atoms with E-state index in [4.69, 9.17) is 9.47 Å². The van der Waals surface area contributed by atoms with Gasteiger partial charge < -0.3 is 9.47 Å². The largest absolute Gasteiger partial charge is 0.344 e. The second-order valence-corrected chi connectivity index (χ2v) is 4.10. The maximum atomic E-state index is 5.50. The maximum Gasteiger partial charge on any atom is 0.188 e. The van der Waals surface area contributed by atoms with Crippen LogP contribution in [0.4, 0.5) is 0 Å². The van der Waals surface area contributed by atoms with E-state index < -0.39 is 0 Å². The minimum Gasteiger partial charge on any atom is -0.344 e. The number of ether oxygens (including phenoxy) is 2. The van der Waals surface area contributed by atoms with E-state index in [1.807, 2.05) is 6.08 Å². The van der Waals surface area contributed by atoms with Crippen LogP contribution in [0.1, 0.15) is 12.8 Å². The molecule has 0 N–H and O–H groups in total. The summed E-state index contributed by atoms with van der Waals surface area (Å²) in [5.41, 5.74) is 0. The van der Waals surface area contributed by atoms with Crippen molar-refractivity contribution < 1.29 is 9.47 Å². The van der Waals surface area contributed by atoms with E-state index in [0.29, 0.717) is 4.83 Å². The Hall–Kier alpha value is 0.140. The van der Waals surface area contributed by atoms with Crippen LogP contribution in [-0.4, -0.2) is 23.8 Å². The summed E-state index contributed by atoms with van der Waals surface area (Å²) in [5.74, 6) is -0.357. The van der Waals surface area contributed by atoms with Crippen molar-refractivity contribution in [1.82, 2.24) is 0 Å². The molecule has 1 fully saturated rings. The van der Waals surface area contributed by atoms with Crippen molar-refractivity contribution >= 4 is 15.9 Å². The monoisotopic (exact) mass is 218 g/mol. The lowest BCUT2D eigenvalue weighted by molar-refractivity contribution is -0.124. The van der Waals surface area contributed by atoms with Crippen LogP contribution in [0.2, 0.25) is 0 Å². The summed E-state index contributed by atoms with van der Waals surface area (Å²) in [4.78, 5) is 0.501. The summed E-state index contributed by atoms with van der Waals surface area (Å²) in [5, 5.41) is 0. The van der Waals surface area contributed by atoms with Gasteiger partial charge in [-0.1, -0.05) is 22.0 Å². The molecule has 1 heterocycles. The van der Waals surface area contributed by atoms with Crippen molar-refractivity contribution in [2.24, 2.45) is 0 Å². The first-order chi connectivity index (χ1) is 5.31. The fraction of sp³-hybridized carbons (Fsp3) is 0.750. The summed E-state index contributed by atoms with van der Waals surface area (Å²) >= 11 is 3.52. The second kappa shape index (κ2) is 2.88. The van der Waals surface area contributed by atoms with E-state index in [2.05, 4.69) is 22.0 Å². The van der Waals surface area contributed by atoms with Crippen LogP contribution in [0.15, 0.2) is 12.2 Å². The zero-order valence-corrected chi connectivity index (χ0v) is 7.84. The Balaban J connectivity index is 2.09. The first kappa shape index (κ1) is 7.77. The zero-order valence-electron chi connectivity index (χ0n) is 6.25. The minimum absolute atomic E-state index is 0.357. The van der Waals surface area contributed by atoms with Crippen LogP contribution in [0.5, 0.6) is 0 Å². The Morgan fingerprint density at radius 2 is 2.09 bits per heavy atom. The van der Waals surface area contributed by atoms with Gasteiger partial charge in [0, 0.05) is 11.2 Å². The average Bonchev–Trinajstić information content (AvgIpc) is 2.45. The molecule has 0 amide bonds. The highest BCUT2D eigenvalue weighted by molar-refractivity contribution is 9.09. The van der Waals surface area contributed by atoms with Crippen molar-refractivity contribution in [2.45, 2.75) is 23.5 Å².